The first-order chi connectivity index (χ1) is 12.2. The minimum absolute atomic E-state index is 0.261. The van der Waals surface area contributed by atoms with Crippen LogP contribution in [-0.4, -0.2) is 20.7 Å². The van der Waals surface area contributed by atoms with Crippen molar-refractivity contribution in [3.05, 3.63) is 83.6 Å². The third-order valence-corrected chi connectivity index (χ3v) is 4.03. The van der Waals surface area contributed by atoms with Crippen LogP contribution in [-0.2, 0) is 0 Å². The summed E-state index contributed by atoms with van der Waals surface area (Å²) in [4.78, 5) is 16.9. The van der Waals surface area contributed by atoms with Gasteiger partial charge >= 0.3 is 0 Å². The Morgan fingerprint density at radius 3 is 2.64 bits per heavy atom. The number of nitrogens with one attached hydrogen (secondary N) is 1. The monoisotopic (exact) mass is 348 g/mol. The lowest BCUT2D eigenvalue weighted by Crippen LogP contribution is -2.12. The van der Waals surface area contributed by atoms with Crippen LogP contribution in [0.1, 0.15) is 10.4 Å². The Kier molecular flexibility index (Phi) is 3.91. The van der Waals surface area contributed by atoms with Crippen LogP contribution < -0.4 is 5.32 Å². The lowest BCUT2D eigenvalue weighted by Gasteiger charge is -2.04. The van der Waals surface area contributed by atoms with Crippen molar-refractivity contribution in [1.29, 1.82) is 0 Å². The summed E-state index contributed by atoms with van der Waals surface area (Å²) in [6, 6.07) is 18.7. The Labute approximate surface area is 148 Å². The van der Waals surface area contributed by atoms with Crippen LogP contribution in [0.5, 0.6) is 0 Å². The Morgan fingerprint density at radius 2 is 1.80 bits per heavy atom. The normalized spacial score (nSPS) is 10.8. The summed E-state index contributed by atoms with van der Waals surface area (Å²) < 4.78 is 1.62. The molecule has 4 rings (SSSR count). The molecule has 1 N–H and O–H groups in total. The van der Waals surface area contributed by atoms with E-state index in [1.807, 2.05) is 42.5 Å². The van der Waals surface area contributed by atoms with Crippen LogP contribution in [0.4, 0.5) is 5.82 Å². The number of fused-ring (bicyclic) bond motifs is 1. The summed E-state index contributed by atoms with van der Waals surface area (Å²) in [5, 5.41) is 8.69. The van der Waals surface area contributed by atoms with Crippen LogP contribution in [0.3, 0.4) is 0 Å². The highest BCUT2D eigenvalue weighted by Crippen LogP contribution is 2.16. The van der Waals surface area contributed by atoms with Crippen molar-refractivity contribution in [3.63, 3.8) is 0 Å². The number of anilines is 1. The molecule has 2 heterocycles. The van der Waals surface area contributed by atoms with Gasteiger partial charge in [-0.2, -0.15) is 5.10 Å². The summed E-state index contributed by atoms with van der Waals surface area (Å²) in [6.45, 7) is 0. The molecule has 4 aromatic rings. The molecule has 1 amide bonds. The van der Waals surface area contributed by atoms with E-state index in [1.165, 1.54) is 6.20 Å². The standard InChI is InChI=1S/C19H13ClN4O/c20-15-6-8-16(9-7-15)24-12-14(11-21-24)19(25)23-18-10-5-13-3-1-2-4-17(13)22-18/h1-12H,(H,22,23,25). The second-order valence-electron chi connectivity index (χ2n) is 5.49. The highest BCUT2D eigenvalue weighted by Gasteiger charge is 2.11. The lowest BCUT2D eigenvalue weighted by molar-refractivity contribution is 0.102. The van der Waals surface area contributed by atoms with Gasteiger partial charge in [0.05, 0.1) is 23.0 Å². The molecule has 122 valence electrons. The molecule has 0 aliphatic rings. The predicted octanol–water partition coefficient (Wildman–Crippen LogP) is 4.33. The van der Waals surface area contributed by atoms with Crippen molar-refractivity contribution in [3.8, 4) is 5.69 Å². The largest absolute Gasteiger partial charge is 0.306 e. The molecule has 0 unspecified atom stereocenters. The van der Waals surface area contributed by atoms with E-state index in [0.29, 0.717) is 16.4 Å². The Balaban J connectivity index is 1.55. The number of amides is 1. The highest BCUT2D eigenvalue weighted by atomic mass is 35.5. The second-order valence-corrected chi connectivity index (χ2v) is 5.93. The molecule has 6 heteroatoms. The fourth-order valence-corrected chi connectivity index (χ4v) is 2.63. The third-order valence-electron chi connectivity index (χ3n) is 3.78. The summed E-state index contributed by atoms with van der Waals surface area (Å²) in [5.74, 6) is 0.242. The molecule has 0 saturated carbocycles. The van der Waals surface area contributed by atoms with Gasteiger partial charge in [0, 0.05) is 16.6 Å². The topological polar surface area (TPSA) is 59.8 Å². The van der Waals surface area contributed by atoms with Gasteiger partial charge in [-0.15, -0.1) is 0 Å². The smallest absolute Gasteiger partial charge is 0.260 e. The zero-order chi connectivity index (χ0) is 17.2. The summed E-state index contributed by atoms with van der Waals surface area (Å²) in [6.07, 6.45) is 3.19. The van der Waals surface area contributed by atoms with Crippen LogP contribution >= 0.6 is 11.6 Å². The Hall–Kier alpha value is -3.18. The number of halogens is 1. The number of nitrogens with zero attached hydrogens (tertiary/aromatic N) is 3. The average molecular weight is 349 g/mol. The summed E-state index contributed by atoms with van der Waals surface area (Å²) >= 11 is 5.89. The van der Waals surface area contributed by atoms with Crippen LogP contribution in [0.15, 0.2) is 73.1 Å². The van der Waals surface area contributed by atoms with E-state index in [0.717, 1.165) is 16.6 Å². The molecule has 0 aliphatic carbocycles. The molecule has 0 fully saturated rings. The second kappa shape index (κ2) is 6.37. The van der Waals surface area contributed by atoms with Crippen molar-refractivity contribution in [2.75, 3.05) is 5.32 Å². The number of aromatic nitrogens is 3. The van der Waals surface area contributed by atoms with Crippen LogP contribution in [0, 0.1) is 0 Å². The number of para-hydroxylation sites is 1. The van der Waals surface area contributed by atoms with Gasteiger partial charge in [0.15, 0.2) is 0 Å². The minimum Gasteiger partial charge on any atom is -0.306 e. The number of benzene rings is 2. The van der Waals surface area contributed by atoms with E-state index in [2.05, 4.69) is 15.4 Å². The molecule has 5 nitrogen and oxygen atoms in total. The number of hydrogen-bond donors (Lipinski definition) is 1. The maximum atomic E-state index is 12.4. The zero-order valence-electron chi connectivity index (χ0n) is 13.1. The van der Waals surface area contributed by atoms with E-state index >= 15 is 0 Å². The van der Waals surface area contributed by atoms with Crippen molar-refractivity contribution >= 4 is 34.2 Å². The molecule has 0 atom stereocenters. The molecule has 0 bridgehead atoms. The quantitative estimate of drug-likeness (QED) is 0.599. The predicted molar refractivity (Wildman–Crippen MR) is 98.3 cm³/mol. The summed E-state index contributed by atoms with van der Waals surface area (Å²) in [5.41, 5.74) is 2.11. The van der Waals surface area contributed by atoms with E-state index in [9.17, 15) is 4.79 Å². The van der Waals surface area contributed by atoms with Crippen LogP contribution in [0.2, 0.25) is 5.02 Å². The SMILES string of the molecule is O=C(Nc1ccc2ccccc2n1)c1cnn(-c2ccc(Cl)cc2)c1. The first-order valence-electron chi connectivity index (χ1n) is 7.67. The van der Waals surface area contributed by atoms with Crippen molar-refractivity contribution in [2.24, 2.45) is 0 Å². The van der Waals surface area contributed by atoms with Gasteiger partial charge in [-0.3, -0.25) is 4.79 Å². The lowest BCUT2D eigenvalue weighted by atomic mass is 10.2. The Morgan fingerprint density at radius 1 is 1.00 bits per heavy atom. The van der Waals surface area contributed by atoms with Crippen molar-refractivity contribution < 1.29 is 4.79 Å². The van der Waals surface area contributed by atoms with Gasteiger partial charge in [-0.1, -0.05) is 29.8 Å². The fourth-order valence-electron chi connectivity index (χ4n) is 2.50. The van der Waals surface area contributed by atoms with Gasteiger partial charge in [-0.05, 0) is 42.5 Å². The van der Waals surface area contributed by atoms with Gasteiger partial charge in [-0.25, -0.2) is 9.67 Å². The molecule has 25 heavy (non-hydrogen) atoms. The molecule has 2 aromatic carbocycles. The van der Waals surface area contributed by atoms with Crippen molar-refractivity contribution in [1.82, 2.24) is 14.8 Å². The van der Waals surface area contributed by atoms with E-state index < -0.39 is 0 Å². The van der Waals surface area contributed by atoms with E-state index in [1.54, 1.807) is 29.1 Å². The number of hydrogen-bond acceptors (Lipinski definition) is 3. The van der Waals surface area contributed by atoms with Gasteiger partial charge in [0.2, 0.25) is 0 Å². The first-order valence-corrected chi connectivity index (χ1v) is 8.05. The number of pyridine rings is 1. The maximum Gasteiger partial charge on any atom is 0.260 e. The van der Waals surface area contributed by atoms with Crippen LogP contribution in [0.25, 0.3) is 16.6 Å². The minimum atomic E-state index is -0.261. The molecule has 0 saturated heterocycles. The average Bonchev–Trinajstić information content (AvgIpc) is 3.12. The molecule has 2 aromatic heterocycles. The fraction of sp³-hybridized carbons (Fsp3) is 0. The molecular formula is C19H13ClN4O. The maximum absolute atomic E-state index is 12.4. The van der Waals surface area contributed by atoms with Gasteiger partial charge in [0.25, 0.3) is 5.91 Å². The van der Waals surface area contributed by atoms with Gasteiger partial charge < -0.3 is 5.32 Å². The molecular weight excluding hydrogens is 336 g/mol. The van der Waals surface area contributed by atoms with Gasteiger partial charge in [0.1, 0.15) is 5.82 Å². The van der Waals surface area contributed by atoms with E-state index in [-0.39, 0.29) is 5.91 Å². The first kappa shape index (κ1) is 15.4. The number of carbonyl (C=O) groups excluding carboxylic acids is 1. The summed E-state index contributed by atoms with van der Waals surface area (Å²) in [7, 11) is 0. The molecule has 0 spiro atoms. The highest BCUT2D eigenvalue weighted by molar-refractivity contribution is 6.30. The zero-order valence-corrected chi connectivity index (χ0v) is 13.8. The van der Waals surface area contributed by atoms with E-state index in [4.69, 9.17) is 11.6 Å². The Bertz CT molecular complexity index is 1060. The molecule has 0 aliphatic heterocycles. The molecule has 0 radical (unpaired) electrons. The third kappa shape index (κ3) is 3.22. The number of rotatable bonds is 3. The number of carbonyl (C=O) groups is 1. The van der Waals surface area contributed by atoms with Crippen molar-refractivity contribution in [2.45, 2.75) is 0 Å².